The fourth-order valence-corrected chi connectivity index (χ4v) is 1.87. The van der Waals surface area contributed by atoms with Gasteiger partial charge in [-0.25, -0.2) is 4.79 Å². The fraction of sp³-hybridized carbons (Fsp3) is 0.556. The van der Waals surface area contributed by atoms with Crippen LogP contribution in [0.1, 0.15) is 6.42 Å². The molecule has 2 aliphatic rings. The summed E-state index contributed by atoms with van der Waals surface area (Å²) in [5.41, 5.74) is 5.16. The molecule has 1 atom stereocenters. The average Bonchev–Trinajstić information content (AvgIpc) is 2.70. The molecule has 1 fully saturated rings. The van der Waals surface area contributed by atoms with Crippen LogP contribution < -0.4 is 5.73 Å². The fourth-order valence-electron chi connectivity index (χ4n) is 1.87. The number of carbonyl (C=O) groups is 1. The number of hydrogen-bond donors (Lipinski definition) is 1. The Labute approximate surface area is 81.9 Å². The molecule has 5 heteroatoms. The highest BCUT2D eigenvalue weighted by atomic mass is 16.5. The van der Waals surface area contributed by atoms with Crippen LogP contribution in [0.25, 0.3) is 0 Å². The van der Waals surface area contributed by atoms with Crippen molar-refractivity contribution in [3.8, 4) is 12.3 Å². The van der Waals surface area contributed by atoms with Gasteiger partial charge in [0.1, 0.15) is 11.4 Å². The Bertz CT molecular complexity index is 336. The van der Waals surface area contributed by atoms with E-state index >= 15 is 0 Å². The number of amidine groups is 1. The van der Waals surface area contributed by atoms with Crippen LogP contribution in [0, 0.1) is 12.3 Å². The minimum absolute atomic E-state index is 0.229. The molecule has 1 spiro atoms. The molecule has 2 aliphatic heterocycles. The first kappa shape index (κ1) is 9.03. The van der Waals surface area contributed by atoms with E-state index in [1.54, 1.807) is 0 Å². The van der Waals surface area contributed by atoms with Gasteiger partial charge in [0.25, 0.3) is 0 Å². The highest BCUT2D eigenvalue weighted by Crippen LogP contribution is 2.31. The molecular weight excluding hydrogens is 182 g/mol. The second-order valence-corrected chi connectivity index (χ2v) is 3.40. The van der Waals surface area contributed by atoms with Crippen molar-refractivity contribution in [3.05, 3.63) is 0 Å². The first-order valence-corrected chi connectivity index (χ1v) is 4.38. The summed E-state index contributed by atoms with van der Waals surface area (Å²) in [4.78, 5) is 16.7. The van der Waals surface area contributed by atoms with Crippen LogP contribution in [0.2, 0.25) is 0 Å². The first-order valence-electron chi connectivity index (χ1n) is 4.38. The Hall–Kier alpha value is -1.54. The maximum absolute atomic E-state index is 11.4. The quantitative estimate of drug-likeness (QED) is 0.575. The van der Waals surface area contributed by atoms with Gasteiger partial charge < -0.3 is 10.5 Å². The molecule has 1 unspecified atom stereocenters. The lowest BCUT2D eigenvalue weighted by Crippen LogP contribution is -2.54. The van der Waals surface area contributed by atoms with Crippen molar-refractivity contribution < 1.29 is 9.53 Å². The molecule has 0 bridgehead atoms. The van der Waals surface area contributed by atoms with E-state index in [2.05, 4.69) is 10.9 Å². The lowest BCUT2D eigenvalue weighted by Gasteiger charge is -2.31. The standard InChI is InChI=1S/C9H11N3O2/c1-2-4-12-8(13)11-7(10)9(12)3-5-14-6-9/h1H,3-6H2,(H2,10,11,13). The third kappa shape index (κ3) is 1.01. The molecule has 0 radical (unpaired) electrons. The van der Waals surface area contributed by atoms with Crippen molar-refractivity contribution in [2.45, 2.75) is 12.0 Å². The summed E-state index contributed by atoms with van der Waals surface area (Å²) >= 11 is 0. The predicted octanol–water partition coefficient (Wildman–Crippen LogP) is -0.428. The summed E-state index contributed by atoms with van der Waals surface area (Å²) < 4.78 is 5.25. The summed E-state index contributed by atoms with van der Waals surface area (Å²) in [7, 11) is 0. The monoisotopic (exact) mass is 193 g/mol. The molecule has 0 aromatic rings. The highest BCUT2D eigenvalue weighted by molar-refractivity contribution is 6.06. The van der Waals surface area contributed by atoms with Crippen molar-refractivity contribution in [1.82, 2.24) is 4.90 Å². The molecule has 5 nitrogen and oxygen atoms in total. The van der Waals surface area contributed by atoms with E-state index in [9.17, 15) is 4.79 Å². The maximum atomic E-state index is 11.4. The summed E-state index contributed by atoms with van der Waals surface area (Å²) in [6.45, 7) is 1.21. The number of nitrogens with two attached hydrogens (primary N) is 1. The van der Waals surface area contributed by atoms with Crippen molar-refractivity contribution in [1.29, 1.82) is 0 Å². The molecule has 1 saturated heterocycles. The second-order valence-electron chi connectivity index (χ2n) is 3.40. The Morgan fingerprint density at radius 1 is 1.79 bits per heavy atom. The number of rotatable bonds is 1. The van der Waals surface area contributed by atoms with Crippen LogP contribution >= 0.6 is 0 Å². The number of amides is 2. The number of ether oxygens (including phenoxy) is 1. The lowest BCUT2D eigenvalue weighted by molar-refractivity contribution is 0.143. The van der Waals surface area contributed by atoms with Gasteiger partial charge in [-0.3, -0.25) is 4.90 Å². The molecule has 74 valence electrons. The van der Waals surface area contributed by atoms with Gasteiger partial charge in [0, 0.05) is 13.0 Å². The molecule has 2 N–H and O–H groups in total. The zero-order chi connectivity index (χ0) is 10.2. The number of urea groups is 1. The first-order chi connectivity index (χ1) is 6.70. The summed E-state index contributed by atoms with van der Waals surface area (Å²) in [6.07, 6.45) is 5.87. The molecule has 0 saturated carbocycles. The van der Waals surface area contributed by atoms with Crippen LogP contribution in [0.5, 0.6) is 0 Å². The Morgan fingerprint density at radius 2 is 2.57 bits per heavy atom. The van der Waals surface area contributed by atoms with Gasteiger partial charge in [0.2, 0.25) is 0 Å². The maximum Gasteiger partial charge on any atom is 0.347 e. The zero-order valence-corrected chi connectivity index (χ0v) is 7.69. The number of aliphatic imine (C=N–C) groups is 1. The van der Waals surface area contributed by atoms with Crippen LogP contribution in [0.4, 0.5) is 4.79 Å². The minimum Gasteiger partial charge on any atom is -0.385 e. The number of nitrogens with zero attached hydrogens (tertiary/aromatic N) is 2. The van der Waals surface area contributed by atoms with E-state index < -0.39 is 5.54 Å². The molecule has 2 heterocycles. The van der Waals surface area contributed by atoms with Crippen molar-refractivity contribution >= 4 is 11.9 Å². The van der Waals surface area contributed by atoms with E-state index in [0.29, 0.717) is 25.5 Å². The van der Waals surface area contributed by atoms with E-state index in [1.807, 2.05) is 0 Å². The summed E-state index contributed by atoms with van der Waals surface area (Å²) in [5.74, 6) is 2.76. The SMILES string of the molecule is C#CCN1C(=O)N=C(N)C12CCOC2. The molecule has 2 amide bonds. The van der Waals surface area contributed by atoms with E-state index in [1.165, 1.54) is 4.90 Å². The van der Waals surface area contributed by atoms with Crippen molar-refractivity contribution in [2.24, 2.45) is 10.7 Å². The van der Waals surface area contributed by atoms with E-state index in [0.717, 1.165) is 0 Å². The second kappa shape index (κ2) is 3.00. The normalized spacial score (nSPS) is 30.9. The van der Waals surface area contributed by atoms with Gasteiger partial charge in [0.05, 0.1) is 13.2 Å². The van der Waals surface area contributed by atoms with Crippen molar-refractivity contribution in [3.63, 3.8) is 0 Å². The number of carbonyl (C=O) groups excluding carboxylic acids is 1. The van der Waals surface area contributed by atoms with Gasteiger partial charge in [-0.05, 0) is 0 Å². The molecule has 14 heavy (non-hydrogen) atoms. The van der Waals surface area contributed by atoms with E-state index in [-0.39, 0.29) is 12.6 Å². The van der Waals surface area contributed by atoms with Gasteiger partial charge in [0.15, 0.2) is 0 Å². The van der Waals surface area contributed by atoms with E-state index in [4.69, 9.17) is 16.9 Å². The Balaban J connectivity index is 2.33. The topological polar surface area (TPSA) is 67.9 Å². The molecule has 2 rings (SSSR count). The van der Waals surface area contributed by atoms with Gasteiger partial charge in [-0.1, -0.05) is 5.92 Å². The van der Waals surface area contributed by atoms with Gasteiger partial charge in [-0.2, -0.15) is 4.99 Å². The minimum atomic E-state index is -0.566. The Kier molecular flexibility index (Phi) is 1.93. The van der Waals surface area contributed by atoms with Gasteiger partial charge >= 0.3 is 6.03 Å². The predicted molar refractivity (Wildman–Crippen MR) is 50.7 cm³/mol. The molecule has 0 aromatic heterocycles. The van der Waals surface area contributed by atoms with Crippen LogP contribution in [-0.4, -0.2) is 42.1 Å². The van der Waals surface area contributed by atoms with Crippen LogP contribution in [0.3, 0.4) is 0 Å². The molecular formula is C9H11N3O2. The molecule has 0 aromatic carbocycles. The smallest absolute Gasteiger partial charge is 0.347 e. The highest BCUT2D eigenvalue weighted by Gasteiger charge is 2.50. The third-order valence-electron chi connectivity index (χ3n) is 2.69. The summed E-state index contributed by atoms with van der Waals surface area (Å²) in [6, 6.07) is -0.356. The average molecular weight is 193 g/mol. The number of terminal acetylenes is 1. The van der Waals surface area contributed by atoms with Gasteiger partial charge in [-0.15, -0.1) is 6.42 Å². The zero-order valence-electron chi connectivity index (χ0n) is 7.69. The lowest BCUT2D eigenvalue weighted by atomic mass is 9.96. The third-order valence-corrected chi connectivity index (χ3v) is 2.69. The Morgan fingerprint density at radius 3 is 3.14 bits per heavy atom. The number of hydrogen-bond acceptors (Lipinski definition) is 3. The van der Waals surface area contributed by atoms with Crippen LogP contribution in [0.15, 0.2) is 4.99 Å². The molecule has 0 aliphatic carbocycles. The summed E-state index contributed by atoms with van der Waals surface area (Å²) in [5, 5.41) is 0. The van der Waals surface area contributed by atoms with Crippen LogP contribution in [-0.2, 0) is 4.74 Å². The largest absolute Gasteiger partial charge is 0.385 e. The van der Waals surface area contributed by atoms with Crippen molar-refractivity contribution in [2.75, 3.05) is 19.8 Å².